The molecular formula is C27H38N8O3. The maximum atomic E-state index is 12.8. The Morgan fingerprint density at radius 1 is 1.05 bits per heavy atom. The molecule has 0 radical (unpaired) electrons. The van der Waals surface area contributed by atoms with Gasteiger partial charge < -0.3 is 26.6 Å². The first kappa shape index (κ1) is 26.3. The summed E-state index contributed by atoms with van der Waals surface area (Å²) >= 11 is 0. The van der Waals surface area contributed by atoms with Crippen molar-refractivity contribution in [3.05, 3.63) is 52.1 Å². The number of piperazine rings is 1. The highest BCUT2D eigenvalue weighted by molar-refractivity contribution is 5.89. The van der Waals surface area contributed by atoms with E-state index in [0.717, 1.165) is 37.9 Å². The summed E-state index contributed by atoms with van der Waals surface area (Å²) in [6, 6.07) is 8.13. The van der Waals surface area contributed by atoms with Crippen LogP contribution in [0.2, 0.25) is 0 Å². The number of carbonyl (C=O) groups excluding carboxylic acids is 2. The van der Waals surface area contributed by atoms with Crippen molar-refractivity contribution in [3.8, 4) is 5.69 Å². The normalized spacial score (nSPS) is 23.1. The molecule has 204 valence electrons. The van der Waals surface area contributed by atoms with Crippen molar-refractivity contribution >= 4 is 17.8 Å². The van der Waals surface area contributed by atoms with E-state index < -0.39 is 11.2 Å². The summed E-state index contributed by atoms with van der Waals surface area (Å²) in [5, 5.41) is 6.39. The number of aromatic nitrogens is 2. The molecular weight excluding hydrogens is 484 g/mol. The van der Waals surface area contributed by atoms with Gasteiger partial charge in [0.2, 0.25) is 5.91 Å². The van der Waals surface area contributed by atoms with Crippen LogP contribution in [-0.4, -0.2) is 81.6 Å². The molecule has 6 N–H and O–H groups in total. The van der Waals surface area contributed by atoms with Gasteiger partial charge in [0.25, 0.3) is 0 Å². The average molecular weight is 523 g/mol. The maximum Gasteiger partial charge on any atom is 0.354 e. The highest BCUT2D eigenvalue weighted by Gasteiger charge is 2.31. The Kier molecular flexibility index (Phi) is 7.26. The number of nitrogens with one attached hydrogen (secondary N) is 2. The molecule has 2 heterocycles. The zero-order valence-corrected chi connectivity index (χ0v) is 22.2. The van der Waals surface area contributed by atoms with Gasteiger partial charge in [-0.05, 0) is 81.3 Å². The molecule has 0 spiro atoms. The molecule has 1 aliphatic heterocycles. The van der Waals surface area contributed by atoms with Gasteiger partial charge >= 0.3 is 11.7 Å². The van der Waals surface area contributed by atoms with Crippen LogP contribution in [0.15, 0.2) is 35.3 Å². The summed E-state index contributed by atoms with van der Waals surface area (Å²) in [5.41, 5.74) is 13.7. The molecule has 2 fully saturated rings. The molecule has 1 unspecified atom stereocenters. The minimum atomic E-state index is -0.944. The molecule has 11 heteroatoms. The minimum absolute atomic E-state index is 0.139. The lowest BCUT2D eigenvalue weighted by atomic mass is 9.81. The van der Waals surface area contributed by atoms with Gasteiger partial charge in [-0.25, -0.2) is 9.59 Å². The predicted molar refractivity (Wildman–Crippen MR) is 145 cm³/mol. The minimum Gasteiger partial charge on any atom is -0.338 e. The number of fused-ring (bicyclic) bond motifs is 1. The molecule has 2 aromatic rings. The fourth-order valence-corrected chi connectivity index (χ4v) is 5.56. The van der Waals surface area contributed by atoms with Gasteiger partial charge in [0.1, 0.15) is 5.82 Å². The van der Waals surface area contributed by atoms with Gasteiger partial charge in [0.05, 0.1) is 11.2 Å². The second-order valence-electron chi connectivity index (χ2n) is 11.5. The number of nitrogens with two attached hydrogens (primary N) is 2. The quantitative estimate of drug-likeness (QED) is 0.430. The maximum absolute atomic E-state index is 12.8. The second-order valence-corrected chi connectivity index (χ2v) is 11.5. The Labute approximate surface area is 222 Å². The first-order valence-electron chi connectivity index (χ1n) is 13.4. The number of rotatable bonds is 6. The Morgan fingerprint density at radius 2 is 1.74 bits per heavy atom. The van der Waals surface area contributed by atoms with Crippen LogP contribution >= 0.6 is 0 Å². The van der Waals surface area contributed by atoms with E-state index >= 15 is 0 Å². The fraction of sp³-hybridized carbons (Fsp3) is 0.556. The monoisotopic (exact) mass is 522 g/mol. The topological polar surface area (TPSA) is 152 Å². The number of carbonyl (C=O) groups is 2. The van der Waals surface area contributed by atoms with Crippen LogP contribution < -0.4 is 27.8 Å². The van der Waals surface area contributed by atoms with Crippen molar-refractivity contribution in [2.75, 3.05) is 38.0 Å². The van der Waals surface area contributed by atoms with Crippen LogP contribution in [0, 0.1) is 5.92 Å². The largest absolute Gasteiger partial charge is 0.354 e. The molecule has 1 saturated carbocycles. The van der Waals surface area contributed by atoms with Crippen LogP contribution in [0.1, 0.15) is 37.8 Å². The molecule has 2 aliphatic carbocycles. The predicted octanol–water partition coefficient (Wildman–Crippen LogP) is 0.440. The number of amides is 3. The summed E-state index contributed by atoms with van der Waals surface area (Å²) in [6.07, 6.45) is 5.76. The molecule has 38 heavy (non-hydrogen) atoms. The lowest BCUT2D eigenvalue weighted by Gasteiger charge is -2.37. The van der Waals surface area contributed by atoms with Gasteiger partial charge in [-0.15, -0.1) is 0 Å². The van der Waals surface area contributed by atoms with E-state index in [9.17, 15) is 14.4 Å². The number of anilines is 1. The van der Waals surface area contributed by atoms with E-state index in [1.807, 2.05) is 6.07 Å². The van der Waals surface area contributed by atoms with Crippen molar-refractivity contribution < 1.29 is 9.59 Å². The van der Waals surface area contributed by atoms with Crippen molar-refractivity contribution in [1.29, 1.82) is 0 Å². The van der Waals surface area contributed by atoms with Gasteiger partial charge in [-0.1, -0.05) is 6.07 Å². The van der Waals surface area contributed by atoms with Gasteiger partial charge in [-0.2, -0.15) is 4.98 Å². The first-order valence-corrected chi connectivity index (χ1v) is 13.4. The van der Waals surface area contributed by atoms with E-state index in [0.29, 0.717) is 44.2 Å². The van der Waals surface area contributed by atoms with Crippen LogP contribution in [0.5, 0.6) is 0 Å². The highest BCUT2D eigenvalue weighted by atomic mass is 16.2. The van der Waals surface area contributed by atoms with Crippen LogP contribution in [-0.2, 0) is 17.6 Å². The lowest BCUT2D eigenvalue weighted by molar-refractivity contribution is -0.137. The third kappa shape index (κ3) is 5.74. The molecule has 1 aromatic carbocycles. The summed E-state index contributed by atoms with van der Waals surface area (Å²) in [4.78, 5) is 45.3. The standard InChI is InChI=1S/C27H38N8O3/c1-27(2,29)24(36)33-7-9-34(10-8-33)25(37)31-23-5-6-35(26(38)32-23)22-4-3-18-13-21(14-19(18)15-22)30-16-17-11-20(28)12-17/h3-6,15,17,20-21,30H,7-14,16,28-29H2,1-2H3,(H,31,32,37,38). The van der Waals surface area contributed by atoms with Gasteiger partial charge in [-0.3, -0.25) is 14.7 Å². The Morgan fingerprint density at radius 3 is 2.39 bits per heavy atom. The van der Waals surface area contributed by atoms with Crippen LogP contribution in [0.4, 0.5) is 10.6 Å². The Hall–Kier alpha value is -3.28. The number of hydrogen-bond donors (Lipinski definition) is 4. The van der Waals surface area contributed by atoms with Gasteiger partial charge in [0, 0.05) is 44.5 Å². The van der Waals surface area contributed by atoms with Crippen molar-refractivity contribution in [2.45, 2.75) is 57.2 Å². The molecule has 3 amide bonds. The molecule has 0 bridgehead atoms. The van der Waals surface area contributed by atoms with E-state index in [2.05, 4.69) is 27.8 Å². The van der Waals surface area contributed by atoms with Crippen molar-refractivity contribution in [2.24, 2.45) is 17.4 Å². The lowest BCUT2D eigenvalue weighted by Crippen LogP contribution is -2.58. The molecule has 5 rings (SSSR count). The first-order chi connectivity index (χ1) is 18.1. The second kappa shape index (κ2) is 10.5. The number of urea groups is 1. The molecule has 1 saturated heterocycles. The number of benzene rings is 1. The molecule has 11 nitrogen and oxygen atoms in total. The Balaban J connectivity index is 1.16. The zero-order chi connectivity index (χ0) is 27.0. The van der Waals surface area contributed by atoms with E-state index in [-0.39, 0.29) is 17.8 Å². The third-order valence-electron chi connectivity index (χ3n) is 7.81. The Bertz CT molecular complexity index is 1260. The summed E-state index contributed by atoms with van der Waals surface area (Å²) in [5.74, 6) is 0.740. The third-order valence-corrected chi connectivity index (χ3v) is 7.81. The smallest absolute Gasteiger partial charge is 0.338 e. The highest BCUT2D eigenvalue weighted by Crippen LogP contribution is 2.27. The summed E-state index contributed by atoms with van der Waals surface area (Å²) in [7, 11) is 0. The SMILES string of the molecule is CC(C)(N)C(=O)N1CCN(C(=O)Nc2ccn(-c3ccc4c(c3)CC(NCC3CC(N)C3)C4)c(=O)n2)CC1. The number of nitrogens with zero attached hydrogens (tertiary/aromatic N) is 4. The van der Waals surface area contributed by atoms with E-state index in [1.165, 1.54) is 15.7 Å². The molecule has 1 atom stereocenters. The van der Waals surface area contributed by atoms with Crippen LogP contribution in [0.3, 0.4) is 0 Å². The van der Waals surface area contributed by atoms with E-state index in [4.69, 9.17) is 11.5 Å². The van der Waals surface area contributed by atoms with Gasteiger partial charge in [0.15, 0.2) is 0 Å². The average Bonchev–Trinajstić information content (AvgIpc) is 3.27. The summed E-state index contributed by atoms with van der Waals surface area (Å²) < 4.78 is 1.49. The van der Waals surface area contributed by atoms with Crippen molar-refractivity contribution in [1.82, 2.24) is 24.7 Å². The summed E-state index contributed by atoms with van der Waals surface area (Å²) in [6.45, 7) is 5.93. The zero-order valence-electron chi connectivity index (χ0n) is 22.2. The molecule has 3 aliphatic rings. The molecule has 1 aromatic heterocycles. The van der Waals surface area contributed by atoms with E-state index in [1.54, 1.807) is 35.9 Å². The van der Waals surface area contributed by atoms with Crippen molar-refractivity contribution in [3.63, 3.8) is 0 Å². The van der Waals surface area contributed by atoms with Crippen LogP contribution in [0.25, 0.3) is 5.69 Å². The fourth-order valence-electron chi connectivity index (χ4n) is 5.56. The number of hydrogen-bond acceptors (Lipinski definition) is 7.